The van der Waals surface area contributed by atoms with Crippen LogP contribution in [0, 0.1) is 0 Å². The highest BCUT2D eigenvalue weighted by Gasteiger charge is 2.28. The van der Waals surface area contributed by atoms with E-state index in [4.69, 9.17) is 10.5 Å². The maximum Gasteiger partial charge on any atom is 0.123 e. The summed E-state index contributed by atoms with van der Waals surface area (Å²) in [7, 11) is 1.70. The van der Waals surface area contributed by atoms with Crippen molar-refractivity contribution in [2.75, 3.05) is 33.3 Å². The predicted octanol–water partition coefficient (Wildman–Crippen LogP) is 1.82. The first-order valence-corrected chi connectivity index (χ1v) is 8.12. The Morgan fingerprint density at radius 3 is 2.95 bits per heavy atom. The Bertz CT molecular complexity index is 477. The van der Waals surface area contributed by atoms with Crippen molar-refractivity contribution in [2.24, 2.45) is 5.73 Å². The van der Waals surface area contributed by atoms with Gasteiger partial charge in [0.05, 0.1) is 7.11 Å². The zero-order valence-corrected chi connectivity index (χ0v) is 13.1. The Balaban J connectivity index is 1.64. The molecule has 2 aliphatic rings. The molecule has 2 N–H and O–H groups in total. The topological polar surface area (TPSA) is 41.7 Å². The van der Waals surface area contributed by atoms with Crippen molar-refractivity contribution in [1.82, 2.24) is 9.80 Å². The summed E-state index contributed by atoms with van der Waals surface area (Å²) < 4.78 is 5.35. The largest absolute Gasteiger partial charge is 0.496 e. The van der Waals surface area contributed by atoms with Crippen LogP contribution in [0.3, 0.4) is 0 Å². The number of piperazine rings is 1. The molecule has 1 aromatic rings. The number of methoxy groups -OCH3 is 1. The third-order valence-electron chi connectivity index (χ3n) is 4.89. The number of ether oxygens (including phenoxy) is 1. The van der Waals surface area contributed by atoms with Gasteiger partial charge in [-0.05, 0) is 37.1 Å². The van der Waals surface area contributed by atoms with Crippen LogP contribution < -0.4 is 10.5 Å². The number of piperidine rings is 1. The number of nitrogens with zero attached hydrogens (tertiary/aromatic N) is 2. The zero-order chi connectivity index (χ0) is 14.7. The Labute approximate surface area is 127 Å². The summed E-state index contributed by atoms with van der Waals surface area (Å²) in [6, 6.07) is 7.20. The lowest BCUT2D eigenvalue weighted by Gasteiger charge is -2.44. The maximum atomic E-state index is 5.82. The molecule has 0 amide bonds. The van der Waals surface area contributed by atoms with Crippen LogP contribution in [-0.4, -0.2) is 49.1 Å². The lowest BCUT2D eigenvalue weighted by Crippen LogP contribution is -2.54. The van der Waals surface area contributed by atoms with Crippen LogP contribution in [0.1, 0.15) is 30.4 Å². The van der Waals surface area contributed by atoms with E-state index in [1.54, 1.807) is 7.11 Å². The summed E-state index contributed by atoms with van der Waals surface area (Å²) in [4.78, 5) is 5.27. The molecule has 1 unspecified atom stereocenters. The predicted molar refractivity (Wildman–Crippen MR) is 85.4 cm³/mol. The minimum absolute atomic E-state index is 0.535. The lowest BCUT2D eigenvalue weighted by molar-refractivity contribution is 0.0457. The van der Waals surface area contributed by atoms with Crippen LogP contribution in [0.4, 0.5) is 0 Å². The monoisotopic (exact) mass is 289 g/mol. The fourth-order valence-corrected chi connectivity index (χ4v) is 3.71. The van der Waals surface area contributed by atoms with Crippen molar-refractivity contribution < 1.29 is 4.74 Å². The number of benzene rings is 1. The fourth-order valence-electron chi connectivity index (χ4n) is 3.71. The minimum atomic E-state index is 0.535. The molecule has 2 fully saturated rings. The molecular formula is C17H27N3O. The maximum absolute atomic E-state index is 5.82. The van der Waals surface area contributed by atoms with E-state index in [2.05, 4.69) is 21.9 Å². The van der Waals surface area contributed by atoms with Crippen LogP contribution in [0.25, 0.3) is 0 Å². The molecule has 21 heavy (non-hydrogen) atoms. The number of fused-ring (bicyclic) bond motifs is 1. The summed E-state index contributed by atoms with van der Waals surface area (Å²) in [6.45, 7) is 6.49. The summed E-state index contributed by atoms with van der Waals surface area (Å²) >= 11 is 0. The van der Waals surface area contributed by atoms with Gasteiger partial charge in [0.25, 0.3) is 0 Å². The number of nitrogens with two attached hydrogens (primary N) is 1. The molecule has 3 rings (SSSR count). The van der Waals surface area contributed by atoms with Crippen molar-refractivity contribution in [2.45, 2.75) is 38.4 Å². The van der Waals surface area contributed by atoms with E-state index < -0.39 is 0 Å². The first-order chi connectivity index (χ1) is 10.3. The molecule has 4 heteroatoms. The van der Waals surface area contributed by atoms with E-state index in [9.17, 15) is 0 Å². The van der Waals surface area contributed by atoms with E-state index >= 15 is 0 Å². The average Bonchev–Trinajstić information content (AvgIpc) is 2.54. The van der Waals surface area contributed by atoms with Gasteiger partial charge in [0, 0.05) is 44.3 Å². The van der Waals surface area contributed by atoms with Gasteiger partial charge in [0.1, 0.15) is 5.75 Å². The summed E-state index contributed by atoms with van der Waals surface area (Å²) in [5, 5.41) is 0. The quantitative estimate of drug-likeness (QED) is 0.918. The van der Waals surface area contributed by atoms with Gasteiger partial charge in [0.15, 0.2) is 0 Å². The SMILES string of the molecule is COc1ccc(CN2CCN3CCCCC3C2)cc1CN. The van der Waals surface area contributed by atoms with E-state index in [1.807, 2.05) is 6.07 Å². The molecule has 2 saturated heterocycles. The molecule has 116 valence electrons. The Kier molecular flexibility index (Phi) is 4.78. The van der Waals surface area contributed by atoms with E-state index in [0.29, 0.717) is 6.54 Å². The molecule has 0 aromatic heterocycles. The van der Waals surface area contributed by atoms with Crippen molar-refractivity contribution in [3.8, 4) is 5.75 Å². The molecule has 1 atom stereocenters. The zero-order valence-electron chi connectivity index (χ0n) is 13.1. The van der Waals surface area contributed by atoms with Gasteiger partial charge >= 0.3 is 0 Å². The fraction of sp³-hybridized carbons (Fsp3) is 0.647. The second-order valence-corrected chi connectivity index (χ2v) is 6.27. The normalized spacial score (nSPS) is 23.8. The van der Waals surface area contributed by atoms with Crippen molar-refractivity contribution in [3.63, 3.8) is 0 Å². The highest BCUT2D eigenvalue weighted by molar-refractivity contribution is 5.37. The van der Waals surface area contributed by atoms with Gasteiger partial charge < -0.3 is 10.5 Å². The van der Waals surface area contributed by atoms with Gasteiger partial charge in [0.2, 0.25) is 0 Å². The van der Waals surface area contributed by atoms with Crippen LogP contribution in [-0.2, 0) is 13.1 Å². The summed E-state index contributed by atoms with van der Waals surface area (Å²) in [5.74, 6) is 0.901. The number of rotatable bonds is 4. The molecule has 0 bridgehead atoms. The number of hydrogen-bond donors (Lipinski definition) is 1. The third-order valence-corrected chi connectivity index (χ3v) is 4.89. The van der Waals surface area contributed by atoms with Gasteiger partial charge in [-0.25, -0.2) is 0 Å². The van der Waals surface area contributed by atoms with Gasteiger partial charge in [-0.15, -0.1) is 0 Å². The van der Waals surface area contributed by atoms with Crippen molar-refractivity contribution in [1.29, 1.82) is 0 Å². The van der Waals surface area contributed by atoms with E-state index in [1.165, 1.54) is 51.0 Å². The molecule has 0 spiro atoms. The van der Waals surface area contributed by atoms with Crippen molar-refractivity contribution in [3.05, 3.63) is 29.3 Å². The third kappa shape index (κ3) is 3.39. The second kappa shape index (κ2) is 6.77. The molecule has 0 radical (unpaired) electrons. The number of hydrogen-bond acceptors (Lipinski definition) is 4. The Morgan fingerprint density at radius 2 is 2.14 bits per heavy atom. The highest BCUT2D eigenvalue weighted by atomic mass is 16.5. The van der Waals surface area contributed by atoms with Gasteiger partial charge in [-0.1, -0.05) is 12.5 Å². The lowest BCUT2D eigenvalue weighted by atomic mass is 9.99. The minimum Gasteiger partial charge on any atom is -0.496 e. The van der Waals surface area contributed by atoms with E-state index in [-0.39, 0.29) is 0 Å². The Morgan fingerprint density at radius 1 is 1.24 bits per heavy atom. The summed E-state index contributed by atoms with van der Waals surface area (Å²) in [5.41, 5.74) is 8.27. The van der Waals surface area contributed by atoms with Gasteiger partial charge in [-0.3, -0.25) is 9.80 Å². The van der Waals surface area contributed by atoms with Crippen LogP contribution in [0.2, 0.25) is 0 Å². The molecule has 0 saturated carbocycles. The molecule has 2 aliphatic heterocycles. The summed E-state index contributed by atoms with van der Waals surface area (Å²) in [6.07, 6.45) is 4.15. The second-order valence-electron chi connectivity index (χ2n) is 6.27. The van der Waals surface area contributed by atoms with Crippen molar-refractivity contribution >= 4 is 0 Å². The molecule has 2 heterocycles. The standard InChI is InChI=1S/C17H27N3O/c1-21-17-6-5-14(10-15(17)11-18)12-19-8-9-20-7-3-2-4-16(20)13-19/h5-6,10,16H,2-4,7-9,11-13,18H2,1H3. The van der Waals surface area contributed by atoms with Crippen LogP contribution in [0.15, 0.2) is 18.2 Å². The van der Waals surface area contributed by atoms with Crippen LogP contribution >= 0.6 is 0 Å². The highest BCUT2D eigenvalue weighted by Crippen LogP contribution is 2.24. The van der Waals surface area contributed by atoms with E-state index in [0.717, 1.165) is 23.9 Å². The smallest absolute Gasteiger partial charge is 0.123 e. The molecule has 1 aromatic carbocycles. The molecular weight excluding hydrogens is 262 g/mol. The van der Waals surface area contributed by atoms with Crippen LogP contribution in [0.5, 0.6) is 5.75 Å². The average molecular weight is 289 g/mol. The first-order valence-electron chi connectivity index (χ1n) is 8.12. The first kappa shape index (κ1) is 14.8. The van der Waals surface area contributed by atoms with Gasteiger partial charge in [-0.2, -0.15) is 0 Å². The molecule has 4 nitrogen and oxygen atoms in total. The Hall–Kier alpha value is -1.10. The molecule has 0 aliphatic carbocycles.